The number of hydrogen-bond donors (Lipinski definition) is 3. The van der Waals surface area contributed by atoms with Gasteiger partial charge in [0.25, 0.3) is 0 Å². The molecule has 0 saturated heterocycles. The Balaban J connectivity index is 1.93. The van der Waals surface area contributed by atoms with Gasteiger partial charge in [-0.05, 0) is 31.4 Å². The first kappa shape index (κ1) is 15.4. The van der Waals surface area contributed by atoms with Gasteiger partial charge in [-0.15, -0.1) is 0 Å². The Morgan fingerprint density at radius 3 is 2.95 bits per heavy atom. The van der Waals surface area contributed by atoms with E-state index in [0.717, 1.165) is 11.9 Å². The van der Waals surface area contributed by atoms with Gasteiger partial charge in [-0.1, -0.05) is 18.2 Å². The fraction of sp³-hybridized carbons (Fsp3) is 0.438. The highest BCUT2D eigenvalue weighted by Crippen LogP contribution is 2.21. The van der Waals surface area contributed by atoms with Gasteiger partial charge in [-0.25, -0.2) is 4.79 Å². The van der Waals surface area contributed by atoms with Gasteiger partial charge in [0.2, 0.25) is 0 Å². The molecular weight excluding hydrogens is 266 g/mol. The van der Waals surface area contributed by atoms with Crippen LogP contribution in [0.25, 0.3) is 10.9 Å². The van der Waals surface area contributed by atoms with Crippen LogP contribution in [-0.2, 0) is 6.42 Å². The zero-order valence-electron chi connectivity index (χ0n) is 12.6. The van der Waals surface area contributed by atoms with E-state index in [1.807, 2.05) is 19.2 Å². The molecule has 0 aliphatic rings. The monoisotopic (exact) mass is 289 g/mol. The number of aliphatic hydroxyl groups excluding tert-OH is 1. The van der Waals surface area contributed by atoms with Crippen molar-refractivity contribution in [3.63, 3.8) is 0 Å². The number of likely N-dealkylation sites (N-methyl/N-ethyl adjacent to an activating group) is 1. The lowest BCUT2D eigenvalue weighted by Gasteiger charge is -2.20. The SMILES string of the molecule is CCN(CCO)C(=O)NCCc1c[nH]c2c(C)cccc12. The van der Waals surface area contributed by atoms with Crippen LogP contribution in [0.1, 0.15) is 18.1 Å². The summed E-state index contributed by atoms with van der Waals surface area (Å²) in [5.74, 6) is 0. The molecule has 5 heteroatoms. The number of carbonyl (C=O) groups excluding carboxylic acids is 1. The van der Waals surface area contributed by atoms with Crippen molar-refractivity contribution in [1.29, 1.82) is 0 Å². The maximum Gasteiger partial charge on any atom is 0.317 e. The minimum atomic E-state index is -0.123. The normalized spacial score (nSPS) is 10.8. The lowest BCUT2D eigenvalue weighted by molar-refractivity contribution is 0.180. The number of H-pyrrole nitrogens is 1. The third-order valence-electron chi connectivity index (χ3n) is 3.72. The first-order valence-corrected chi connectivity index (χ1v) is 7.36. The molecule has 0 radical (unpaired) electrons. The smallest absolute Gasteiger partial charge is 0.317 e. The zero-order chi connectivity index (χ0) is 15.2. The molecule has 1 aromatic carbocycles. The quantitative estimate of drug-likeness (QED) is 0.762. The van der Waals surface area contributed by atoms with Crippen molar-refractivity contribution in [2.45, 2.75) is 20.3 Å². The van der Waals surface area contributed by atoms with Gasteiger partial charge in [0.15, 0.2) is 0 Å². The number of nitrogens with zero attached hydrogens (tertiary/aromatic N) is 1. The summed E-state index contributed by atoms with van der Waals surface area (Å²) in [7, 11) is 0. The first-order chi connectivity index (χ1) is 10.2. The lowest BCUT2D eigenvalue weighted by atomic mass is 10.1. The molecular formula is C16H23N3O2. The first-order valence-electron chi connectivity index (χ1n) is 7.36. The van der Waals surface area contributed by atoms with Crippen LogP contribution in [0.5, 0.6) is 0 Å². The second-order valence-corrected chi connectivity index (χ2v) is 5.10. The average Bonchev–Trinajstić information content (AvgIpc) is 2.89. The van der Waals surface area contributed by atoms with Crippen molar-refractivity contribution >= 4 is 16.9 Å². The van der Waals surface area contributed by atoms with Crippen molar-refractivity contribution in [3.8, 4) is 0 Å². The molecule has 21 heavy (non-hydrogen) atoms. The molecule has 0 saturated carbocycles. The Morgan fingerprint density at radius 2 is 2.24 bits per heavy atom. The molecule has 0 unspecified atom stereocenters. The van der Waals surface area contributed by atoms with Crippen LogP contribution in [0.15, 0.2) is 24.4 Å². The van der Waals surface area contributed by atoms with E-state index in [0.29, 0.717) is 19.6 Å². The molecule has 0 atom stereocenters. The highest BCUT2D eigenvalue weighted by molar-refractivity contribution is 5.85. The van der Waals surface area contributed by atoms with E-state index in [9.17, 15) is 4.79 Å². The molecule has 114 valence electrons. The number of carbonyl (C=O) groups is 1. The summed E-state index contributed by atoms with van der Waals surface area (Å²) in [4.78, 5) is 16.8. The zero-order valence-corrected chi connectivity index (χ0v) is 12.6. The molecule has 0 bridgehead atoms. The molecule has 2 amide bonds. The Labute approximate surface area is 125 Å². The largest absolute Gasteiger partial charge is 0.395 e. The summed E-state index contributed by atoms with van der Waals surface area (Å²) in [6.07, 6.45) is 2.79. The van der Waals surface area contributed by atoms with Crippen LogP contribution < -0.4 is 5.32 Å². The van der Waals surface area contributed by atoms with Gasteiger partial charge in [0.1, 0.15) is 0 Å². The topological polar surface area (TPSA) is 68.4 Å². The van der Waals surface area contributed by atoms with E-state index < -0.39 is 0 Å². The third-order valence-corrected chi connectivity index (χ3v) is 3.72. The van der Waals surface area contributed by atoms with Gasteiger partial charge in [-0.2, -0.15) is 0 Å². The number of aromatic nitrogens is 1. The van der Waals surface area contributed by atoms with Gasteiger partial charge >= 0.3 is 6.03 Å². The van der Waals surface area contributed by atoms with Crippen LogP contribution in [0.3, 0.4) is 0 Å². The fourth-order valence-electron chi connectivity index (χ4n) is 2.51. The van der Waals surface area contributed by atoms with Crippen LogP contribution in [0.4, 0.5) is 4.79 Å². The predicted molar refractivity (Wildman–Crippen MR) is 84.5 cm³/mol. The molecule has 3 N–H and O–H groups in total. The van der Waals surface area contributed by atoms with E-state index >= 15 is 0 Å². The fourth-order valence-corrected chi connectivity index (χ4v) is 2.51. The number of benzene rings is 1. The number of fused-ring (bicyclic) bond motifs is 1. The number of aliphatic hydroxyl groups is 1. The number of amides is 2. The highest BCUT2D eigenvalue weighted by Gasteiger charge is 2.10. The minimum absolute atomic E-state index is 0.0109. The molecule has 0 aliphatic carbocycles. The second kappa shape index (κ2) is 7.13. The van der Waals surface area contributed by atoms with Crippen molar-refractivity contribution < 1.29 is 9.90 Å². The van der Waals surface area contributed by atoms with Crippen molar-refractivity contribution in [1.82, 2.24) is 15.2 Å². The molecule has 1 aromatic heterocycles. The number of hydrogen-bond acceptors (Lipinski definition) is 2. The van der Waals surface area contributed by atoms with Crippen LogP contribution in [0, 0.1) is 6.92 Å². The minimum Gasteiger partial charge on any atom is -0.395 e. The van der Waals surface area contributed by atoms with Gasteiger partial charge in [0, 0.05) is 36.7 Å². The van der Waals surface area contributed by atoms with E-state index in [4.69, 9.17) is 5.11 Å². The molecule has 0 spiro atoms. The number of aryl methyl sites for hydroxylation is 1. The number of rotatable bonds is 6. The summed E-state index contributed by atoms with van der Waals surface area (Å²) in [5, 5.41) is 13.0. The number of urea groups is 1. The molecule has 2 rings (SSSR count). The average molecular weight is 289 g/mol. The summed E-state index contributed by atoms with van der Waals surface area (Å²) in [6.45, 7) is 5.52. The van der Waals surface area contributed by atoms with Crippen LogP contribution in [-0.4, -0.2) is 47.3 Å². The number of aromatic amines is 1. The summed E-state index contributed by atoms with van der Waals surface area (Å²) in [6, 6.07) is 6.11. The Kier molecular flexibility index (Phi) is 5.22. The molecule has 5 nitrogen and oxygen atoms in total. The van der Waals surface area contributed by atoms with Crippen LogP contribution in [0.2, 0.25) is 0 Å². The van der Waals surface area contributed by atoms with Gasteiger partial charge in [-0.3, -0.25) is 0 Å². The number of nitrogens with one attached hydrogen (secondary N) is 2. The maximum absolute atomic E-state index is 11.9. The van der Waals surface area contributed by atoms with Crippen LogP contribution >= 0.6 is 0 Å². The van der Waals surface area contributed by atoms with Crippen molar-refractivity contribution in [2.75, 3.05) is 26.2 Å². The molecule has 1 heterocycles. The summed E-state index contributed by atoms with van der Waals surface area (Å²) < 4.78 is 0. The van der Waals surface area contributed by atoms with E-state index in [1.165, 1.54) is 16.5 Å². The van der Waals surface area contributed by atoms with Crippen molar-refractivity contribution in [3.05, 3.63) is 35.5 Å². The molecule has 0 aliphatic heterocycles. The summed E-state index contributed by atoms with van der Waals surface area (Å²) in [5.41, 5.74) is 3.59. The number of para-hydroxylation sites is 1. The Bertz CT molecular complexity index is 607. The third kappa shape index (κ3) is 3.55. The Hall–Kier alpha value is -2.01. The summed E-state index contributed by atoms with van der Waals surface area (Å²) >= 11 is 0. The van der Waals surface area contributed by atoms with E-state index in [1.54, 1.807) is 4.90 Å². The highest BCUT2D eigenvalue weighted by atomic mass is 16.3. The maximum atomic E-state index is 11.9. The predicted octanol–water partition coefficient (Wildman–Crippen LogP) is 2.04. The standard InChI is InChI=1S/C16H23N3O2/c1-3-19(9-10-20)16(21)17-8-7-13-11-18-15-12(2)5-4-6-14(13)15/h4-6,11,18,20H,3,7-10H2,1-2H3,(H,17,21). The van der Waals surface area contributed by atoms with Gasteiger partial charge in [0.05, 0.1) is 6.61 Å². The lowest BCUT2D eigenvalue weighted by Crippen LogP contribution is -2.42. The molecule has 0 fully saturated rings. The van der Waals surface area contributed by atoms with Gasteiger partial charge < -0.3 is 20.3 Å². The van der Waals surface area contributed by atoms with E-state index in [2.05, 4.69) is 29.4 Å². The molecule has 2 aromatic rings. The van der Waals surface area contributed by atoms with Crippen molar-refractivity contribution in [2.24, 2.45) is 0 Å². The van der Waals surface area contributed by atoms with E-state index in [-0.39, 0.29) is 12.6 Å². The second-order valence-electron chi connectivity index (χ2n) is 5.10. The Morgan fingerprint density at radius 1 is 1.43 bits per heavy atom.